The van der Waals surface area contributed by atoms with Gasteiger partial charge in [0.2, 0.25) is 11.8 Å². The second kappa shape index (κ2) is 5.49. The Morgan fingerprint density at radius 2 is 2.11 bits per heavy atom. The molecule has 1 saturated heterocycles. The Balaban J connectivity index is 1.89. The van der Waals surface area contributed by atoms with Gasteiger partial charge in [-0.05, 0) is 31.6 Å². The van der Waals surface area contributed by atoms with Crippen molar-refractivity contribution < 1.29 is 14.3 Å². The molecule has 5 nitrogen and oxygen atoms in total. The highest BCUT2D eigenvalue weighted by molar-refractivity contribution is 5.98. The van der Waals surface area contributed by atoms with Crippen molar-refractivity contribution in [2.24, 2.45) is 11.8 Å². The second-order valence-corrected chi connectivity index (χ2v) is 6.22. The van der Waals surface area contributed by atoms with Crippen LogP contribution >= 0.6 is 0 Å². The number of hydrogen-bond donors (Lipinski definition) is 1. The van der Waals surface area contributed by atoms with Crippen LogP contribution in [0, 0.1) is 11.8 Å². The molecule has 0 aromatic carbocycles. The third-order valence-electron chi connectivity index (χ3n) is 3.82. The van der Waals surface area contributed by atoms with E-state index in [0.29, 0.717) is 31.6 Å². The van der Waals surface area contributed by atoms with Crippen molar-refractivity contribution in [3.8, 4) is 0 Å². The molecule has 2 rings (SSSR count). The van der Waals surface area contributed by atoms with E-state index in [1.165, 1.54) is 0 Å². The van der Waals surface area contributed by atoms with Gasteiger partial charge in [-0.25, -0.2) is 0 Å². The SMILES string of the molecule is CC(C)COCCN1CC(=O)NC(C)(C2CC2)C1=O. The third kappa shape index (κ3) is 3.26. The molecule has 0 aromatic heterocycles. The zero-order valence-corrected chi connectivity index (χ0v) is 12.1. The minimum Gasteiger partial charge on any atom is -0.379 e. The van der Waals surface area contributed by atoms with Crippen LogP contribution in [0.25, 0.3) is 0 Å². The maximum Gasteiger partial charge on any atom is 0.248 e. The van der Waals surface area contributed by atoms with E-state index in [2.05, 4.69) is 19.2 Å². The van der Waals surface area contributed by atoms with E-state index in [0.717, 1.165) is 12.8 Å². The van der Waals surface area contributed by atoms with E-state index < -0.39 is 5.54 Å². The van der Waals surface area contributed by atoms with Crippen LogP contribution in [-0.4, -0.2) is 48.6 Å². The fourth-order valence-corrected chi connectivity index (χ4v) is 2.57. The number of piperazine rings is 1. The van der Waals surface area contributed by atoms with E-state index in [1.54, 1.807) is 4.90 Å². The molecule has 0 bridgehead atoms. The molecule has 2 aliphatic rings. The molecule has 19 heavy (non-hydrogen) atoms. The van der Waals surface area contributed by atoms with Gasteiger partial charge >= 0.3 is 0 Å². The molecule has 0 aromatic rings. The number of ether oxygens (including phenoxy) is 1. The monoisotopic (exact) mass is 268 g/mol. The average Bonchev–Trinajstić information content (AvgIpc) is 3.14. The Hall–Kier alpha value is -1.10. The summed E-state index contributed by atoms with van der Waals surface area (Å²) in [5.41, 5.74) is -0.687. The highest BCUT2D eigenvalue weighted by Crippen LogP contribution is 2.41. The van der Waals surface area contributed by atoms with Gasteiger partial charge in [0.05, 0.1) is 13.2 Å². The summed E-state index contributed by atoms with van der Waals surface area (Å²) in [5.74, 6) is 0.779. The molecule has 1 atom stereocenters. The summed E-state index contributed by atoms with van der Waals surface area (Å²) in [5, 5.41) is 2.87. The summed E-state index contributed by atoms with van der Waals surface area (Å²) in [4.78, 5) is 25.9. The van der Waals surface area contributed by atoms with Crippen LogP contribution in [0.5, 0.6) is 0 Å². The molecule has 1 heterocycles. The highest BCUT2D eigenvalue weighted by Gasteiger charge is 2.52. The fourth-order valence-electron chi connectivity index (χ4n) is 2.57. The summed E-state index contributed by atoms with van der Waals surface area (Å²) < 4.78 is 5.50. The van der Waals surface area contributed by atoms with Crippen LogP contribution in [0.1, 0.15) is 33.6 Å². The first kappa shape index (κ1) is 14.3. The van der Waals surface area contributed by atoms with Crippen LogP contribution in [0.15, 0.2) is 0 Å². The van der Waals surface area contributed by atoms with Gasteiger partial charge in [0.1, 0.15) is 5.54 Å². The zero-order valence-electron chi connectivity index (χ0n) is 12.1. The topological polar surface area (TPSA) is 58.6 Å². The molecule has 1 aliphatic heterocycles. The lowest BCUT2D eigenvalue weighted by molar-refractivity contribution is -0.150. The summed E-state index contributed by atoms with van der Waals surface area (Å²) in [6.07, 6.45) is 2.06. The Morgan fingerprint density at radius 3 is 2.68 bits per heavy atom. The number of carbonyl (C=O) groups excluding carboxylic acids is 2. The Labute approximate surface area is 114 Å². The quantitative estimate of drug-likeness (QED) is 0.724. The molecule has 0 radical (unpaired) electrons. The number of nitrogens with zero attached hydrogens (tertiary/aromatic N) is 1. The van der Waals surface area contributed by atoms with Crippen molar-refractivity contribution >= 4 is 11.8 Å². The molecule has 1 unspecified atom stereocenters. The Kier molecular flexibility index (Phi) is 4.13. The minimum atomic E-state index is -0.687. The number of carbonyl (C=O) groups is 2. The predicted octanol–water partition coefficient (Wildman–Crippen LogP) is 0.786. The van der Waals surface area contributed by atoms with Crippen LogP contribution in [0.2, 0.25) is 0 Å². The van der Waals surface area contributed by atoms with Crippen molar-refractivity contribution in [3.05, 3.63) is 0 Å². The largest absolute Gasteiger partial charge is 0.379 e. The van der Waals surface area contributed by atoms with Gasteiger partial charge in [-0.3, -0.25) is 9.59 Å². The normalized spacial score (nSPS) is 27.9. The van der Waals surface area contributed by atoms with Crippen LogP contribution in [-0.2, 0) is 14.3 Å². The molecule has 1 saturated carbocycles. The maximum atomic E-state index is 12.5. The maximum absolute atomic E-state index is 12.5. The standard InChI is InChI=1S/C14H24N2O3/c1-10(2)9-19-7-6-16-8-12(17)15-14(3,13(16)18)11-4-5-11/h10-11H,4-9H2,1-3H3,(H,15,17). The number of hydrogen-bond acceptors (Lipinski definition) is 3. The van der Waals surface area contributed by atoms with E-state index in [-0.39, 0.29) is 18.4 Å². The van der Waals surface area contributed by atoms with Gasteiger partial charge in [-0.1, -0.05) is 13.8 Å². The molecule has 1 aliphatic carbocycles. The number of rotatable bonds is 6. The van der Waals surface area contributed by atoms with Crippen molar-refractivity contribution in [1.82, 2.24) is 10.2 Å². The van der Waals surface area contributed by atoms with Gasteiger partial charge in [0.15, 0.2) is 0 Å². The van der Waals surface area contributed by atoms with Gasteiger partial charge in [0, 0.05) is 13.2 Å². The highest BCUT2D eigenvalue weighted by atomic mass is 16.5. The van der Waals surface area contributed by atoms with E-state index in [1.807, 2.05) is 6.92 Å². The average molecular weight is 268 g/mol. The molecule has 1 N–H and O–H groups in total. The van der Waals surface area contributed by atoms with Crippen molar-refractivity contribution in [2.75, 3.05) is 26.3 Å². The zero-order chi connectivity index (χ0) is 14.0. The second-order valence-electron chi connectivity index (χ2n) is 6.22. The molecule has 2 amide bonds. The lowest BCUT2D eigenvalue weighted by Crippen LogP contribution is -2.66. The molecule has 2 fully saturated rings. The molecule has 0 spiro atoms. The first-order valence-corrected chi connectivity index (χ1v) is 7.11. The van der Waals surface area contributed by atoms with Crippen molar-refractivity contribution in [3.63, 3.8) is 0 Å². The van der Waals surface area contributed by atoms with Crippen LogP contribution in [0.4, 0.5) is 0 Å². The van der Waals surface area contributed by atoms with Gasteiger partial charge in [0.25, 0.3) is 0 Å². The minimum absolute atomic E-state index is 0.0442. The Bertz CT molecular complexity index is 366. The van der Waals surface area contributed by atoms with Gasteiger partial charge in [-0.2, -0.15) is 0 Å². The number of amides is 2. The van der Waals surface area contributed by atoms with Gasteiger partial charge < -0.3 is 15.0 Å². The fraction of sp³-hybridized carbons (Fsp3) is 0.857. The van der Waals surface area contributed by atoms with E-state index in [4.69, 9.17) is 4.74 Å². The smallest absolute Gasteiger partial charge is 0.248 e. The first-order valence-electron chi connectivity index (χ1n) is 7.11. The van der Waals surface area contributed by atoms with Crippen molar-refractivity contribution in [1.29, 1.82) is 0 Å². The lowest BCUT2D eigenvalue weighted by atomic mass is 9.91. The summed E-state index contributed by atoms with van der Waals surface area (Å²) in [6, 6.07) is 0. The molecule has 108 valence electrons. The molecular weight excluding hydrogens is 244 g/mol. The summed E-state index contributed by atoms with van der Waals surface area (Å²) in [6.45, 7) is 7.87. The van der Waals surface area contributed by atoms with Crippen LogP contribution in [0.3, 0.4) is 0 Å². The molecular formula is C14H24N2O3. The summed E-state index contributed by atoms with van der Waals surface area (Å²) >= 11 is 0. The van der Waals surface area contributed by atoms with Crippen LogP contribution < -0.4 is 5.32 Å². The first-order chi connectivity index (χ1) is 8.93. The number of nitrogens with one attached hydrogen (secondary N) is 1. The summed E-state index contributed by atoms with van der Waals surface area (Å²) in [7, 11) is 0. The van der Waals surface area contributed by atoms with Crippen molar-refractivity contribution in [2.45, 2.75) is 39.2 Å². The molecule has 5 heteroatoms. The van der Waals surface area contributed by atoms with E-state index >= 15 is 0 Å². The van der Waals surface area contributed by atoms with Gasteiger partial charge in [-0.15, -0.1) is 0 Å². The van der Waals surface area contributed by atoms with E-state index in [9.17, 15) is 9.59 Å². The third-order valence-corrected chi connectivity index (χ3v) is 3.82. The lowest BCUT2D eigenvalue weighted by Gasteiger charge is -2.40. The predicted molar refractivity (Wildman–Crippen MR) is 71.5 cm³/mol. The Morgan fingerprint density at radius 1 is 1.42 bits per heavy atom.